The number of likely N-dealkylation sites (tertiary alicyclic amines) is 1. The number of carbonyl (C=O) groups is 1. The monoisotopic (exact) mass is 344 g/mol. The molecule has 25 heavy (non-hydrogen) atoms. The van der Waals surface area contributed by atoms with Gasteiger partial charge in [0.25, 0.3) is 11.8 Å². The number of hydrogen-bond acceptors (Lipinski definition) is 6. The van der Waals surface area contributed by atoms with Crippen molar-refractivity contribution in [2.75, 3.05) is 32.1 Å². The molecular weight excluding hydrogens is 320 g/mol. The number of rotatable bonds is 4. The maximum atomic E-state index is 12.8. The molecule has 0 aromatic carbocycles. The van der Waals surface area contributed by atoms with Gasteiger partial charge in [0.15, 0.2) is 5.82 Å². The Morgan fingerprint density at radius 1 is 1.32 bits per heavy atom. The van der Waals surface area contributed by atoms with Gasteiger partial charge in [0.1, 0.15) is 17.6 Å². The Balaban J connectivity index is 1.71. The molecule has 1 amide bonds. The lowest BCUT2D eigenvalue weighted by Crippen LogP contribution is -2.44. The van der Waals surface area contributed by atoms with E-state index in [0.29, 0.717) is 29.6 Å². The van der Waals surface area contributed by atoms with Crippen LogP contribution in [-0.4, -0.2) is 54.1 Å². The maximum absolute atomic E-state index is 12.8. The van der Waals surface area contributed by atoms with Crippen LogP contribution >= 0.6 is 0 Å². The summed E-state index contributed by atoms with van der Waals surface area (Å²) in [5.74, 6) is 2.60. The van der Waals surface area contributed by atoms with Crippen LogP contribution in [0.25, 0.3) is 0 Å². The van der Waals surface area contributed by atoms with Gasteiger partial charge in [-0.15, -0.1) is 0 Å². The van der Waals surface area contributed by atoms with E-state index in [2.05, 4.69) is 9.97 Å². The number of ether oxygens (including phenoxy) is 1. The van der Waals surface area contributed by atoms with Crippen molar-refractivity contribution in [1.29, 1.82) is 0 Å². The first-order chi connectivity index (χ1) is 12.0. The van der Waals surface area contributed by atoms with Gasteiger partial charge in [0.05, 0.1) is 12.1 Å². The fraction of sp³-hybridized carbons (Fsp3) is 0.500. The van der Waals surface area contributed by atoms with Crippen molar-refractivity contribution in [2.45, 2.75) is 32.8 Å². The highest BCUT2D eigenvalue weighted by Gasteiger charge is 2.28. The number of carbonyl (C=O) groups excluding carboxylic acids is 1. The van der Waals surface area contributed by atoms with Crippen LogP contribution in [0.4, 0.5) is 5.82 Å². The van der Waals surface area contributed by atoms with Crippen LogP contribution in [0, 0.1) is 13.8 Å². The lowest BCUT2D eigenvalue weighted by atomic mass is 10.1. The topological polar surface area (TPSA) is 71.7 Å². The predicted octanol–water partition coefficient (Wildman–Crippen LogP) is 2.44. The second kappa shape index (κ2) is 7.13. The molecule has 1 fully saturated rings. The molecule has 2 aromatic rings. The Labute approximate surface area is 147 Å². The molecule has 0 bridgehead atoms. The number of piperidine rings is 1. The van der Waals surface area contributed by atoms with Crippen LogP contribution < -0.4 is 9.64 Å². The van der Waals surface area contributed by atoms with Crippen molar-refractivity contribution in [2.24, 2.45) is 0 Å². The minimum absolute atomic E-state index is 0.00497. The second-order valence-electron chi connectivity index (χ2n) is 6.54. The summed E-state index contributed by atoms with van der Waals surface area (Å²) in [6.45, 7) is 4.93. The highest BCUT2D eigenvalue weighted by molar-refractivity contribution is 5.95. The van der Waals surface area contributed by atoms with Crippen molar-refractivity contribution in [3.8, 4) is 5.88 Å². The van der Waals surface area contributed by atoms with Crippen molar-refractivity contribution >= 4 is 11.7 Å². The highest BCUT2D eigenvalue weighted by atomic mass is 16.5. The molecule has 0 N–H and O–H groups in total. The van der Waals surface area contributed by atoms with Crippen molar-refractivity contribution < 1.29 is 13.9 Å². The van der Waals surface area contributed by atoms with Gasteiger partial charge in [-0.05, 0) is 32.8 Å². The third-order valence-electron chi connectivity index (χ3n) is 4.29. The van der Waals surface area contributed by atoms with Gasteiger partial charge in [-0.1, -0.05) is 0 Å². The molecule has 1 atom stereocenters. The van der Waals surface area contributed by atoms with Crippen LogP contribution in [0.2, 0.25) is 0 Å². The summed E-state index contributed by atoms with van der Waals surface area (Å²) in [5.41, 5.74) is 0.631. The molecule has 0 aliphatic carbocycles. The normalized spacial score (nSPS) is 17.4. The molecule has 0 saturated carbocycles. The largest absolute Gasteiger partial charge is 0.470 e. The van der Waals surface area contributed by atoms with Crippen molar-refractivity contribution in [3.63, 3.8) is 0 Å². The zero-order valence-electron chi connectivity index (χ0n) is 15.2. The van der Waals surface area contributed by atoms with E-state index in [1.54, 1.807) is 18.5 Å². The lowest BCUT2D eigenvalue weighted by Gasteiger charge is -2.33. The molecule has 3 rings (SSSR count). The van der Waals surface area contributed by atoms with Crippen molar-refractivity contribution in [1.82, 2.24) is 14.9 Å². The minimum atomic E-state index is -0.0959. The molecule has 0 unspecified atom stereocenters. The molecule has 0 radical (unpaired) electrons. The van der Waals surface area contributed by atoms with Crippen LogP contribution in [0.1, 0.15) is 34.7 Å². The minimum Gasteiger partial charge on any atom is -0.470 e. The number of anilines is 1. The highest BCUT2D eigenvalue weighted by Crippen LogP contribution is 2.25. The first-order valence-electron chi connectivity index (χ1n) is 8.47. The average Bonchev–Trinajstić information content (AvgIpc) is 2.93. The van der Waals surface area contributed by atoms with E-state index in [1.807, 2.05) is 37.7 Å². The van der Waals surface area contributed by atoms with E-state index < -0.39 is 0 Å². The fourth-order valence-electron chi connectivity index (χ4n) is 3.10. The van der Waals surface area contributed by atoms with Gasteiger partial charge >= 0.3 is 0 Å². The standard InChI is InChI=1S/C18H24N4O3/c1-12-10-15(13(2)24-12)18(23)22-9-5-6-14(11-22)25-17-16(21(3)4)19-7-8-20-17/h7-8,10,14H,5-6,9,11H2,1-4H3/t14-/m1/s1. The van der Waals surface area contributed by atoms with Crippen molar-refractivity contribution in [3.05, 3.63) is 35.5 Å². The number of aryl methyl sites for hydroxylation is 2. The molecule has 7 heteroatoms. The maximum Gasteiger partial charge on any atom is 0.257 e. The van der Waals surface area contributed by atoms with E-state index in [9.17, 15) is 4.79 Å². The third-order valence-corrected chi connectivity index (χ3v) is 4.29. The third kappa shape index (κ3) is 3.75. The predicted molar refractivity (Wildman–Crippen MR) is 94.1 cm³/mol. The molecular formula is C18H24N4O3. The van der Waals surface area contributed by atoms with Crippen LogP contribution in [-0.2, 0) is 0 Å². The number of nitrogens with zero attached hydrogens (tertiary/aromatic N) is 4. The van der Waals surface area contributed by atoms with E-state index in [1.165, 1.54) is 0 Å². The molecule has 134 valence electrons. The first kappa shape index (κ1) is 17.3. The Morgan fingerprint density at radius 2 is 2.08 bits per heavy atom. The Morgan fingerprint density at radius 3 is 2.76 bits per heavy atom. The molecule has 0 spiro atoms. The summed E-state index contributed by atoms with van der Waals surface area (Å²) < 4.78 is 11.6. The van der Waals surface area contributed by atoms with E-state index >= 15 is 0 Å². The molecule has 3 heterocycles. The summed E-state index contributed by atoms with van der Waals surface area (Å²) in [7, 11) is 3.80. The zero-order valence-corrected chi connectivity index (χ0v) is 15.2. The van der Waals surface area contributed by atoms with Gasteiger partial charge in [0, 0.05) is 33.0 Å². The van der Waals surface area contributed by atoms with Crippen LogP contribution in [0.5, 0.6) is 5.88 Å². The quantitative estimate of drug-likeness (QED) is 0.848. The fourth-order valence-corrected chi connectivity index (χ4v) is 3.10. The van der Waals surface area contributed by atoms with E-state index in [-0.39, 0.29) is 12.0 Å². The number of amides is 1. The summed E-state index contributed by atoms with van der Waals surface area (Å²) in [5, 5.41) is 0. The summed E-state index contributed by atoms with van der Waals surface area (Å²) in [6, 6.07) is 1.80. The SMILES string of the molecule is Cc1cc(C(=O)N2CCC[C@@H](Oc3nccnc3N(C)C)C2)c(C)o1. The smallest absolute Gasteiger partial charge is 0.257 e. The van der Waals surface area contributed by atoms with Gasteiger partial charge in [-0.3, -0.25) is 4.79 Å². The van der Waals surface area contributed by atoms with Gasteiger partial charge in [-0.2, -0.15) is 0 Å². The Kier molecular flexibility index (Phi) is 4.92. The average molecular weight is 344 g/mol. The summed E-state index contributed by atoms with van der Waals surface area (Å²) in [4.78, 5) is 25.1. The Hall–Kier alpha value is -2.57. The number of aromatic nitrogens is 2. The van der Waals surface area contributed by atoms with E-state index in [4.69, 9.17) is 9.15 Å². The second-order valence-corrected chi connectivity index (χ2v) is 6.54. The molecule has 1 aliphatic heterocycles. The van der Waals surface area contributed by atoms with Gasteiger partial charge < -0.3 is 19.0 Å². The molecule has 1 aliphatic rings. The lowest BCUT2D eigenvalue weighted by molar-refractivity contribution is 0.0526. The van der Waals surface area contributed by atoms with Gasteiger partial charge in [-0.25, -0.2) is 9.97 Å². The molecule has 2 aromatic heterocycles. The van der Waals surface area contributed by atoms with E-state index in [0.717, 1.165) is 25.1 Å². The number of furan rings is 1. The summed E-state index contributed by atoms with van der Waals surface area (Å²) >= 11 is 0. The zero-order chi connectivity index (χ0) is 18.0. The molecule has 1 saturated heterocycles. The first-order valence-corrected chi connectivity index (χ1v) is 8.47. The van der Waals surface area contributed by atoms with Crippen LogP contribution in [0.3, 0.4) is 0 Å². The van der Waals surface area contributed by atoms with Gasteiger partial charge in [0.2, 0.25) is 0 Å². The Bertz CT molecular complexity index is 757. The molecule has 7 nitrogen and oxygen atoms in total. The number of hydrogen-bond donors (Lipinski definition) is 0. The summed E-state index contributed by atoms with van der Waals surface area (Å²) in [6.07, 6.45) is 4.94. The van der Waals surface area contributed by atoms with Crippen LogP contribution in [0.15, 0.2) is 22.9 Å².